The van der Waals surface area contributed by atoms with Gasteiger partial charge in [0.15, 0.2) is 9.84 Å². The standard InChI is InChI=1S/C25H23NO2S/c1-26(2)15-14-19-22-16-18(17-8-4-3-5-9-17)12-13-20(22)25-24(19)21-10-6-7-11-23(21)29(25,27)28/h3-13,16,25H,14-15H2,1-2H3. The van der Waals surface area contributed by atoms with Crippen molar-refractivity contribution in [3.05, 3.63) is 89.5 Å². The SMILES string of the molecule is CN(C)CCC1=C2c3ccccc3S(=O)(=O)C2c2ccc(-c3ccccc3)cc21. The molecule has 0 radical (unpaired) electrons. The molecule has 4 heteroatoms. The minimum absolute atomic E-state index is 0.472. The number of nitrogens with zero attached hydrogens (tertiary/aromatic N) is 1. The van der Waals surface area contributed by atoms with Crippen LogP contribution in [0.25, 0.3) is 22.3 Å². The van der Waals surface area contributed by atoms with Gasteiger partial charge in [-0.05, 0) is 71.6 Å². The highest BCUT2D eigenvalue weighted by Gasteiger charge is 2.47. The van der Waals surface area contributed by atoms with Gasteiger partial charge in [-0.2, -0.15) is 0 Å². The van der Waals surface area contributed by atoms with Crippen LogP contribution in [0.5, 0.6) is 0 Å². The Morgan fingerprint density at radius 1 is 0.828 bits per heavy atom. The van der Waals surface area contributed by atoms with Crippen molar-refractivity contribution < 1.29 is 8.42 Å². The van der Waals surface area contributed by atoms with Crippen molar-refractivity contribution in [1.82, 2.24) is 4.90 Å². The van der Waals surface area contributed by atoms with Crippen LogP contribution in [0.3, 0.4) is 0 Å². The molecule has 29 heavy (non-hydrogen) atoms. The van der Waals surface area contributed by atoms with E-state index in [9.17, 15) is 8.42 Å². The lowest BCUT2D eigenvalue weighted by atomic mass is 9.95. The second kappa shape index (κ2) is 6.68. The maximum atomic E-state index is 13.4. The first-order valence-electron chi connectivity index (χ1n) is 9.89. The van der Waals surface area contributed by atoms with Crippen molar-refractivity contribution in [2.45, 2.75) is 16.6 Å². The van der Waals surface area contributed by atoms with E-state index in [2.05, 4.69) is 43.3 Å². The molecule has 3 aromatic rings. The average Bonchev–Trinajstić information content (AvgIpc) is 3.18. The van der Waals surface area contributed by atoms with E-state index in [-0.39, 0.29) is 0 Å². The molecule has 0 spiro atoms. The minimum Gasteiger partial charge on any atom is -0.309 e. The van der Waals surface area contributed by atoms with Gasteiger partial charge < -0.3 is 4.90 Å². The number of hydrogen-bond donors (Lipinski definition) is 0. The number of hydrogen-bond acceptors (Lipinski definition) is 3. The molecule has 0 aromatic heterocycles. The van der Waals surface area contributed by atoms with Gasteiger partial charge in [-0.25, -0.2) is 8.42 Å². The zero-order chi connectivity index (χ0) is 20.2. The summed E-state index contributed by atoms with van der Waals surface area (Å²) in [7, 11) is 0.691. The molecule has 3 aromatic carbocycles. The van der Waals surface area contributed by atoms with Gasteiger partial charge in [0.25, 0.3) is 0 Å². The second-order valence-electron chi connectivity index (χ2n) is 8.03. The number of sulfone groups is 1. The van der Waals surface area contributed by atoms with Gasteiger partial charge in [0.2, 0.25) is 0 Å². The van der Waals surface area contributed by atoms with Crippen molar-refractivity contribution in [2.24, 2.45) is 0 Å². The van der Waals surface area contributed by atoms with Crippen LogP contribution in [0.4, 0.5) is 0 Å². The summed E-state index contributed by atoms with van der Waals surface area (Å²) in [4.78, 5) is 2.62. The number of fused-ring (bicyclic) bond motifs is 5. The van der Waals surface area contributed by atoms with Gasteiger partial charge in [-0.1, -0.05) is 60.7 Å². The van der Waals surface area contributed by atoms with E-state index in [0.29, 0.717) is 4.90 Å². The monoisotopic (exact) mass is 401 g/mol. The van der Waals surface area contributed by atoms with Gasteiger partial charge in [-0.3, -0.25) is 0 Å². The highest BCUT2D eigenvalue weighted by atomic mass is 32.2. The molecule has 1 unspecified atom stereocenters. The summed E-state index contributed by atoms with van der Waals surface area (Å²) in [5, 5.41) is -0.572. The van der Waals surface area contributed by atoms with Crippen LogP contribution in [0.1, 0.15) is 28.4 Å². The summed E-state index contributed by atoms with van der Waals surface area (Å²) < 4.78 is 26.8. The maximum absolute atomic E-state index is 13.4. The molecule has 2 aliphatic rings. The number of rotatable bonds is 4. The van der Waals surface area contributed by atoms with Gasteiger partial charge in [0.1, 0.15) is 5.25 Å². The highest BCUT2D eigenvalue weighted by Crippen LogP contribution is 2.58. The predicted molar refractivity (Wildman–Crippen MR) is 118 cm³/mol. The van der Waals surface area contributed by atoms with Crippen molar-refractivity contribution in [1.29, 1.82) is 0 Å². The quantitative estimate of drug-likeness (QED) is 0.613. The first kappa shape index (κ1) is 18.3. The van der Waals surface area contributed by atoms with Gasteiger partial charge in [-0.15, -0.1) is 0 Å². The number of benzene rings is 3. The van der Waals surface area contributed by atoms with E-state index in [1.165, 1.54) is 5.57 Å². The van der Waals surface area contributed by atoms with Crippen molar-refractivity contribution in [3.8, 4) is 11.1 Å². The molecule has 1 aliphatic carbocycles. The Kier molecular flexibility index (Phi) is 4.23. The van der Waals surface area contributed by atoms with Crippen LogP contribution in [0, 0.1) is 0 Å². The predicted octanol–water partition coefficient (Wildman–Crippen LogP) is 5.06. The first-order valence-corrected chi connectivity index (χ1v) is 11.4. The van der Waals surface area contributed by atoms with Crippen LogP contribution in [0.15, 0.2) is 77.7 Å². The Morgan fingerprint density at radius 3 is 2.31 bits per heavy atom. The third-order valence-electron chi connectivity index (χ3n) is 5.96. The van der Waals surface area contributed by atoms with Crippen LogP contribution < -0.4 is 0 Å². The summed E-state index contributed by atoms with van der Waals surface area (Å²) in [6.07, 6.45) is 0.827. The van der Waals surface area contributed by atoms with Crippen molar-refractivity contribution >= 4 is 21.0 Å². The zero-order valence-corrected chi connectivity index (χ0v) is 17.4. The van der Waals surface area contributed by atoms with E-state index >= 15 is 0 Å². The summed E-state index contributed by atoms with van der Waals surface area (Å²) in [5.74, 6) is 0. The highest BCUT2D eigenvalue weighted by molar-refractivity contribution is 7.92. The molecule has 5 rings (SSSR count). The molecule has 0 amide bonds. The topological polar surface area (TPSA) is 37.4 Å². The molecule has 146 valence electrons. The molecule has 1 atom stereocenters. The Bertz CT molecular complexity index is 1240. The molecule has 0 bridgehead atoms. The molecule has 0 saturated heterocycles. The first-order chi connectivity index (χ1) is 14.0. The summed E-state index contributed by atoms with van der Waals surface area (Å²) >= 11 is 0. The molecule has 1 aliphatic heterocycles. The Hall–Kier alpha value is -2.69. The minimum atomic E-state index is -3.42. The molecule has 0 fully saturated rings. The Labute approximate surface area is 172 Å². The Balaban J connectivity index is 1.75. The normalized spacial score (nSPS) is 18.7. The molecular weight excluding hydrogens is 378 g/mol. The fourth-order valence-electron chi connectivity index (χ4n) is 4.61. The van der Waals surface area contributed by atoms with Crippen LogP contribution in [-0.4, -0.2) is 34.0 Å². The summed E-state index contributed by atoms with van der Waals surface area (Å²) in [6.45, 7) is 0.878. The van der Waals surface area contributed by atoms with E-state index < -0.39 is 15.1 Å². The van der Waals surface area contributed by atoms with E-state index in [1.54, 1.807) is 6.07 Å². The van der Waals surface area contributed by atoms with Gasteiger partial charge in [0, 0.05) is 6.54 Å². The zero-order valence-electron chi connectivity index (χ0n) is 16.6. The lowest BCUT2D eigenvalue weighted by Crippen LogP contribution is -2.13. The molecule has 0 saturated carbocycles. The van der Waals surface area contributed by atoms with E-state index in [4.69, 9.17) is 0 Å². The molecular formula is C25H23NO2S. The summed E-state index contributed by atoms with van der Waals surface area (Å²) in [5.41, 5.74) is 7.32. The fourth-order valence-corrected chi connectivity index (χ4v) is 6.74. The third kappa shape index (κ3) is 2.78. The largest absolute Gasteiger partial charge is 0.309 e. The average molecular weight is 402 g/mol. The van der Waals surface area contributed by atoms with Crippen LogP contribution in [0.2, 0.25) is 0 Å². The molecule has 3 nitrogen and oxygen atoms in total. The van der Waals surface area contributed by atoms with Gasteiger partial charge in [0.05, 0.1) is 4.90 Å². The molecule has 1 heterocycles. The molecule has 0 N–H and O–H groups in total. The van der Waals surface area contributed by atoms with Crippen LogP contribution >= 0.6 is 0 Å². The maximum Gasteiger partial charge on any atom is 0.190 e. The van der Waals surface area contributed by atoms with E-state index in [0.717, 1.165) is 46.4 Å². The van der Waals surface area contributed by atoms with E-state index in [1.807, 2.05) is 42.5 Å². The Morgan fingerprint density at radius 2 is 1.55 bits per heavy atom. The van der Waals surface area contributed by atoms with Crippen molar-refractivity contribution in [3.63, 3.8) is 0 Å². The van der Waals surface area contributed by atoms with Crippen molar-refractivity contribution in [2.75, 3.05) is 20.6 Å². The second-order valence-corrected chi connectivity index (χ2v) is 10.0. The fraction of sp³-hybridized carbons (Fsp3) is 0.200. The lowest BCUT2D eigenvalue weighted by molar-refractivity contribution is 0.420. The smallest absolute Gasteiger partial charge is 0.190 e. The van der Waals surface area contributed by atoms with Gasteiger partial charge >= 0.3 is 0 Å². The lowest BCUT2D eigenvalue weighted by Gasteiger charge is -2.14. The third-order valence-corrected chi connectivity index (χ3v) is 8.04. The summed E-state index contributed by atoms with van der Waals surface area (Å²) in [6, 6.07) is 24.0. The van der Waals surface area contributed by atoms with Crippen LogP contribution in [-0.2, 0) is 9.84 Å².